The highest BCUT2D eigenvalue weighted by Crippen LogP contribution is 2.21. The summed E-state index contributed by atoms with van der Waals surface area (Å²) in [5, 5.41) is 3.57. The zero-order valence-electron chi connectivity index (χ0n) is 12.3. The van der Waals surface area contributed by atoms with E-state index in [9.17, 15) is 0 Å². The summed E-state index contributed by atoms with van der Waals surface area (Å²) in [5.74, 6) is 2.65. The summed E-state index contributed by atoms with van der Waals surface area (Å²) in [6.45, 7) is 15.6. The van der Waals surface area contributed by atoms with Crippen LogP contribution in [0.1, 0.15) is 47.0 Å². The van der Waals surface area contributed by atoms with Crippen molar-refractivity contribution in [3.8, 4) is 0 Å². The Balaban J connectivity index is 1.96. The Kier molecular flexibility index (Phi) is 7.14. The minimum Gasteiger partial charge on any atom is -0.315 e. The molecule has 1 heterocycles. The Hall–Kier alpha value is -0.0800. The molecule has 0 spiro atoms. The van der Waals surface area contributed by atoms with Crippen LogP contribution in [-0.2, 0) is 0 Å². The molecule has 0 aromatic rings. The van der Waals surface area contributed by atoms with Gasteiger partial charge in [0.25, 0.3) is 0 Å². The van der Waals surface area contributed by atoms with Gasteiger partial charge in [-0.15, -0.1) is 0 Å². The highest BCUT2D eigenvalue weighted by atomic mass is 15.1. The number of hydrogen-bond donors (Lipinski definition) is 1. The van der Waals surface area contributed by atoms with Crippen molar-refractivity contribution < 1.29 is 0 Å². The third-order valence-electron chi connectivity index (χ3n) is 4.16. The number of piperidine rings is 1. The third kappa shape index (κ3) is 6.42. The standard InChI is InChI=1S/C15H32N2/c1-13(2)6-5-8-16-9-11-17-10-7-14(3)15(4)12-17/h13-16H,5-12H2,1-4H3. The first-order valence-electron chi connectivity index (χ1n) is 7.52. The summed E-state index contributed by atoms with van der Waals surface area (Å²) >= 11 is 0. The molecule has 17 heavy (non-hydrogen) atoms. The van der Waals surface area contributed by atoms with E-state index in [2.05, 4.69) is 37.9 Å². The molecule has 1 aliphatic heterocycles. The molecule has 2 nitrogen and oxygen atoms in total. The third-order valence-corrected chi connectivity index (χ3v) is 4.16. The van der Waals surface area contributed by atoms with E-state index >= 15 is 0 Å². The topological polar surface area (TPSA) is 15.3 Å². The molecule has 0 radical (unpaired) electrons. The lowest BCUT2D eigenvalue weighted by Crippen LogP contribution is -2.41. The molecule has 2 unspecified atom stereocenters. The van der Waals surface area contributed by atoms with Crippen LogP contribution in [0, 0.1) is 17.8 Å². The second-order valence-electron chi connectivity index (χ2n) is 6.33. The predicted octanol–water partition coefficient (Wildman–Crippen LogP) is 2.99. The van der Waals surface area contributed by atoms with E-state index in [0.717, 1.165) is 17.8 Å². The van der Waals surface area contributed by atoms with Crippen LogP contribution in [0.4, 0.5) is 0 Å². The Morgan fingerprint density at radius 1 is 1.18 bits per heavy atom. The quantitative estimate of drug-likeness (QED) is 0.688. The first kappa shape index (κ1) is 15.0. The Morgan fingerprint density at radius 2 is 1.94 bits per heavy atom. The van der Waals surface area contributed by atoms with Crippen LogP contribution in [0.5, 0.6) is 0 Å². The van der Waals surface area contributed by atoms with Gasteiger partial charge in [-0.25, -0.2) is 0 Å². The fourth-order valence-corrected chi connectivity index (χ4v) is 2.55. The second kappa shape index (κ2) is 8.10. The highest BCUT2D eigenvalue weighted by Gasteiger charge is 2.21. The van der Waals surface area contributed by atoms with E-state index in [1.165, 1.54) is 52.0 Å². The zero-order chi connectivity index (χ0) is 12.7. The van der Waals surface area contributed by atoms with Crippen LogP contribution in [0.15, 0.2) is 0 Å². The molecule has 1 rings (SSSR count). The Labute approximate surface area is 108 Å². The maximum atomic E-state index is 3.57. The first-order chi connectivity index (χ1) is 8.09. The van der Waals surface area contributed by atoms with Crippen molar-refractivity contribution in [1.82, 2.24) is 10.2 Å². The van der Waals surface area contributed by atoms with Gasteiger partial charge in [0.05, 0.1) is 0 Å². The molecular weight excluding hydrogens is 208 g/mol. The van der Waals surface area contributed by atoms with Crippen LogP contribution in [0.2, 0.25) is 0 Å². The molecule has 1 aliphatic rings. The van der Waals surface area contributed by atoms with Crippen molar-refractivity contribution in [2.75, 3.05) is 32.7 Å². The van der Waals surface area contributed by atoms with Gasteiger partial charge in [-0.3, -0.25) is 0 Å². The van der Waals surface area contributed by atoms with Crippen LogP contribution < -0.4 is 5.32 Å². The number of nitrogens with zero attached hydrogens (tertiary/aromatic N) is 1. The van der Waals surface area contributed by atoms with E-state index in [1.807, 2.05) is 0 Å². The Bertz CT molecular complexity index is 191. The molecule has 1 N–H and O–H groups in total. The van der Waals surface area contributed by atoms with Gasteiger partial charge < -0.3 is 10.2 Å². The van der Waals surface area contributed by atoms with Crippen molar-refractivity contribution in [2.45, 2.75) is 47.0 Å². The summed E-state index contributed by atoms with van der Waals surface area (Å²) in [4.78, 5) is 2.63. The average molecular weight is 240 g/mol. The number of hydrogen-bond acceptors (Lipinski definition) is 2. The SMILES string of the molecule is CC(C)CCCNCCN1CCC(C)C(C)C1. The van der Waals surface area contributed by atoms with Crippen LogP contribution in [-0.4, -0.2) is 37.6 Å². The van der Waals surface area contributed by atoms with Gasteiger partial charge in [-0.2, -0.15) is 0 Å². The Morgan fingerprint density at radius 3 is 2.59 bits per heavy atom. The second-order valence-corrected chi connectivity index (χ2v) is 6.33. The lowest BCUT2D eigenvalue weighted by Gasteiger charge is -2.35. The molecule has 0 amide bonds. The van der Waals surface area contributed by atoms with Gasteiger partial charge in [0.15, 0.2) is 0 Å². The fourth-order valence-electron chi connectivity index (χ4n) is 2.55. The predicted molar refractivity (Wildman–Crippen MR) is 76.3 cm³/mol. The molecule has 1 fully saturated rings. The molecular formula is C15H32N2. The van der Waals surface area contributed by atoms with E-state index in [-0.39, 0.29) is 0 Å². The largest absolute Gasteiger partial charge is 0.315 e. The van der Waals surface area contributed by atoms with Crippen molar-refractivity contribution in [1.29, 1.82) is 0 Å². The normalized spacial score (nSPS) is 26.6. The van der Waals surface area contributed by atoms with Gasteiger partial charge in [-0.1, -0.05) is 27.7 Å². The average Bonchev–Trinajstić information content (AvgIpc) is 2.27. The van der Waals surface area contributed by atoms with E-state index in [4.69, 9.17) is 0 Å². The van der Waals surface area contributed by atoms with Gasteiger partial charge in [0, 0.05) is 19.6 Å². The van der Waals surface area contributed by atoms with Crippen molar-refractivity contribution in [3.05, 3.63) is 0 Å². The number of nitrogens with one attached hydrogen (secondary N) is 1. The fraction of sp³-hybridized carbons (Fsp3) is 1.00. The molecule has 0 saturated carbocycles. The molecule has 0 aromatic carbocycles. The molecule has 0 bridgehead atoms. The van der Waals surface area contributed by atoms with E-state index in [0.29, 0.717) is 0 Å². The van der Waals surface area contributed by atoms with Gasteiger partial charge in [0.1, 0.15) is 0 Å². The first-order valence-corrected chi connectivity index (χ1v) is 7.52. The minimum absolute atomic E-state index is 0.848. The molecule has 2 atom stereocenters. The highest BCUT2D eigenvalue weighted by molar-refractivity contribution is 4.75. The summed E-state index contributed by atoms with van der Waals surface area (Å²) < 4.78 is 0. The van der Waals surface area contributed by atoms with Crippen molar-refractivity contribution >= 4 is 0 Å². The van der Waals surface area contributed by atoms with Crippen LogP contribution >= 0.6 is 0 Å². The molecule has 2 heteroatoms. The maximum Gasteiger partial charge on any atom is 0.0107 e. The van der Waals surface area contributed by atoms with E-state index in [1.54, 1.807) is 0 Å². The number of likely N-dealkylation sites (tertiary alicyclic amines) is 1. The lowest BCUT2D eigenvalue weighted by atomic mass is 9.89. The molecule has 0 aromatic heterocycles. The van der Waals surface area contributed by atoms with Crippen LogP contribution in [0.25, 0.3) is 0 Å². The lowest BCUT2D eigenvalue weighted by molar-refractivity contribution is 0.139. The summed E-state index contributed by atoms with van der Waals surface area (Å²) in [5.41, 5.74) is 0. The number of rotatable bonds is 7. The molecule has 1 saturated heterocycles. The van der Waals surface area contributed by atoms with Gasteiger partial charge in [-0.05, 0) is 50.1 Å². The van der Waals surface area contributed by atoms with Crippen LogP contribution in [0.3, 0.4) is 0 Å². The summed E-state index contributed by atoms with van der Waals surface area (Å²) in [6.07, 6.45) is 4.06. The van der Waals surface area contributed by atoms with Gasteiger partial charge in [0.2, 0.25) is 0 Å². The monoisotopic (exact) mass is 240 g/mol. The summed E-state index contributed by atoms with van der Waals surface area (Å²) in [6, 6.07) is 0. The molecule has 102 valence electrons. The smallest absolute Gasteiger partial charge is 0.0107 e. The minimum atomic E-state index is 0.848. The zero-order valence-corrected chi connectivity index (χ0v) is 12.3. The summed E-state index contributed by atoms with van der Waals surface area (Å²) in [7, 11) is 0. The van der Waals surface area contributed by atoms with E-state index < -0.39 is 0 Å². The maximum absolute atomic E-state index is 3.57. The van der Waals surface area contributed by atoms with Gasteiger partial charge >= 0.3 is 0 Å². The van der Waals surface area contributed by atoms with Crippen molar-refractivity contribution in [2.24, 2.45) is 17.8 Å². The van der Waals surface area contributed by atoms with Crippen molar-refractivity contribution in [3.63, 3.8) is 0 Å². The molecule has 0 aliphatic carbocycles.